The molecule has 1 saturated heterocycles. The van der Waals surface area contributed by atoms with Crippen LogP contribution in [-0.4, -0.2) is 42.8 Å². The van der Waals surface area contributed by atoms with Crippen molar-refractivity contribution >= 4 is 16.1 Å². The first-order valence-corrected chi connectivity index (χ1v) is 12.5. The Morgan fingerprint density at radius 3 is 2.40 bits per heavy atom. The Morgan fingerprint density at radius 2 is 1.80 bits per heavy atom. The largest absolute Gasteiger partial charge is 0.392 e. The van der Waals surface area contributed by atoms with Gasteiger partial charge in [-0.15, -0.1) is 0 Å². The fourth-order valence-corrected chi connectivity index (χ4v) is 9.15. The van der Waals surface area contributed by atoms with Crippen molar-refractivity contribution in [1.29, 1.82) is 0 Å². The number of nitrogens with zero attached hydrogens (tertiary/aromatic N) is 1. The molecule has 0 radical (unpaired) electrons. The van der Waals surface area contributed by atoms with Gasteiger partial charge in [0.15, 0.2) is 11.6 Å². The van der Waals surface area contributed by atoms with Gasteiger partial charge in [0.25, 0.3) is 0 Å². The minimum absolute atomic E-state index is 0.00999. The monoisotopic (exact) mass is 437 g/mol. The van der Waals surface area contributed by atoms with Crippen molar-refractivity contribution in [3.8, 4) is 0 Å². The number of benzene rings is 1. The van der Waals surface area contributed by atoms with E-state index >= 15 is 0 Å². The highest BCUT2D eigenvalue weighted by atomic mass is 32.2. The summed E-state index contributed by atoms with van der Waals surface area (Å²) < 4.78 is 55.8. The summed E-state index contributed by atoms with van der Waals surface area (Å²) in [7, 11) is -3.54. The zero-order valence-corrected chi connectivity index (χ0v) is 18.3. The van der Waals surface area contributed by atoms with Crippen molar-refractivity contribution in [1.82, 2.24) is 4.31 Å². The number of sulfonamides is 1. The summed E-state index contributed by atoms with van der Waals surface area (Å²) in [4.78, 5) is 0. The Balaban J connectivity index is 1.36. The van der Waals surface area contributed by atoms with Crippen LogP contribution in [0.3, 0.4) is 0 Å². The van der Waals surface area contributed by atoms with Crippen molar-refractivity contribution in [2.45, 2.75) is 57.5 Å². The van der Waals surface area contributed by atoms with Crippen LogP contribution in [0.25, 0.3) is 6.08 Å². The van der Waals surface area contributed by atoms with Crippen LogP contribution in [0.4, 0.5) is 8.78 Å². The van der Waals surface area contributed by atoms with E-state index < -0.39 is 38.6 Å². The summed E-state index contributed by atoms with van der Waals surface area (Å²) in [5.74, 6) is -1.35. The summed E-state index contributed by atoms with van der Waals surface area (Å²) >= 11 is 0. The number of rotatable bonds is 3. The van der Waals surface area contributed by atoms with E-state index in [4.69, 9.17) is 0 Å². The molecule has 1 aromatic rings. The van der Waals surface area contributed by atoms with Gasteiger partial charge in [0.1, 0.15) is 0 Å². The van der Waals surface area contributed by atoms with E-state index in [1.54, 1.807) is 4.31 Å². The number of aliphatic hydroxyl groups excluding tert-OH is 1. The Bertz CT molecular complexity index is 1030. The molecule has 1 heterocycles. The van der Waals surface area contributed by atoms with Gasteiger partial charge in [-0.2, -0.15) is 0 Å². The van der Waals surface area contributed by atoms with Crippen molar-refractivity contribution < 1.29 is 22.3 Å². The number of piperidine rings is 1. The molecule has 2 saturated carbocycles. The van der Waals surface area contributed by atoms with E-state index in [0.29, 0.717) is 43.8 Å². The number of hydrogen-bond acceptors (Lipinski definition) is 3. The molecule has 1 N–H and O–H groups in total. The molecule has 0 amide bonds. The Labute approximate surface area is 177 Å². The molecule has 1 aliphatic heterocycles. The Kier molecular flexibility index (Phi) is 4.36. The highest BCUT2D eigenvalue weighted by Crippen LogP contribution is 2.66. The first-order valence-electron chi connectivity index (χ1n) is 10.9. The minimum atomic E-state index is -3.54. The molecule has 5 rings (SSSR count). The molecule has 4 nitrogen and oxygen atoms in total. The smallest absolute Gasteiger partial charge is 0.214 e. The van der Waals surface area contributed by atoms with E-state index in [1.807, 2.05) is 12.2 Å². The second-order valence-corrected chi connectivity index (χ2v) is 12.3. The molecule has 4 aliphatic rings. The van der Waals surface area contributed by atoms with Crippen LogP contribution in [0, 0.1) is 28.4 Å². The van der Waals surface area contributed by atoms with Crippen LogP contribution in [0.2, 0.25) is 0 Å². The molecule has 3 fully saturated rings. The lowest BCUT2D eigenvalue weighted by Crippen LogP contribution is -2.51. The van der Waals surface area contributed by atoms with Gasteiger partial charge < -0.3 is 5.11 Å². The molecule has 3 aliphatic carbocycles. The Morgan fingerprint density at radius 1 is 1.13 bits per heavy atom. The second kappa shape index (κ2) is 6.36. The van der Waals surface area contributed by atoms with Gasteiger partial charge in [-0.3, -0.25) is 0 Å². The number of fused-ring (bicyclic) bond motifs is 4. The highest BCUT2D eigenvalue weighted by molar-refractivity contribution is 7.89. The predicted octanol–water partition coefficient (Wildman–Crippen LogP) is 3.84. The summed E-state index contributed by atoms with van der Waals surface area (Å²) in [6, 6.07) is 2.49. The van der Waals surface area contributed by atoms with Gasteiger partial charge >= 0.3 is 0 Å². The molecular formula is C23H29F2NO3S. The highest BCUT2D eigenvalue weighted by Gasteiger charge is 2.65. The van der Waals surface area contributed by atoms with Crippen molar-refractivity contribution in [2.75, 3.05) is 18.8 Å². The average Bonchev–Trinajstić information content (AvgIpc) is 3.19. The minimum Gasteiger partial charge on any atom is -0.392 e. The normalized spacial score (nSPS) is 34.0. The van der Waals surface area contributed by atoms with E-state index in [2.05, 4.69) is 13.8 Å². The lowest BCUT2D eigenvalue weighted by molar-refractivity contribution is 0.0143. The van der Waals surface area contributed by atoms with Crippen LogP contribution >= 0.6 is 0 Å². The molecular weight excluding hydrogens is 408 g/mol. The summed E-state index contributed by atoms with van der Waals surface area (Å²) in [5.41, 5.74) is 0.232. The topological polar surface area (TPSA) is 57.6 Å². The number of aliphatic hydroxyl groups is 1. The lowest BCUT2D eigenvalue weighted by atomic mass is 9.70. The standard InChI is InChI=1S/C23H29F2NO3S/c1-21(2)16-4-6-23(21,20(27)12-16)14-30(28,29)26-9-7-22(8-10-26)5-3-15-11-18(24)19(25)13-17(15)22/h3,5,11,13,16,20,27H,4,6-10,12,14H2,1-2H3/t16-,20+,23-/m1/s1. The van der Waals surface area contributed by atoms with Crippen LogP contribution in [-0.2, 0) is 15.4 Å². The SMILES string of the molecule is CC1(C)[C@@H]2CC[C@@]1(CS(=O)(=O)N1CCC3(C=Cc4cc(F)c(F)cc43)CC1)[C@@H](O)C2. The predicted molar refractivity (Wildman–Crippen MR) is 111 cm³/mol. The third-order valence-electron chi connectivity index (χ3n) is 9.05. The van der Waals surface area contributed by atoms with Gasteiger partial charge in [0, 0.05) is 23.9 Å². The fourth-order valence-electron chi connectivity index (χ4n) is 6.87. The van der Waals surface area contributed by atoms with Crippen molar-refractivity contribution in [3.63, 3.8) is 0 Å². The Hall–Kier alpha value is -1.31. The molecule has 164 valence electrons. The maximum atomic E-state index is 13.9. The summed E-state index contributed by atoms with van der Waals surface area (Å²) in [6.45, 7) is 4.91. The maximum Gasteiger partial charge on any atom is 0.214 e. The first-order chi connectivity index (χ1) is 14.0. The molecule has 30 heavy (non-hydrogen) atoms. The van der Waals surface area contributed by atoms with Gasteiger partial charge in [-0.1, -0.05) is 26.0 Å². The molecule has 3 atom stereocenters. The van der Waals surface area contributed by atoms with Crippen molar-refractivity contribution in [2.24, 2.45) is 16.7 Å². The lowest BCUT2D eigenvalue weighted by Gasteiger charge is -2.43. The summed E-state index contributed by atoms with van der Waals surface area (Å²) in [5, 5.41) is 10.7. The maximum absolute atomic E-state index is 13.9. The van der Waals surface area contributed by atoms with E-state index in [1.165, 1.54) is 12.1 Å². The van der Waals surface area contributed by atoms with Crippen LogP contribution < -0.4 is 0 Å². The van der Waals surface area contributed by atoms with Gasteiger partial charge in [0.2, 0.25) is 10.0 Å². The molecule has 1 spiro atoms. The van der Waals surface area contributed by atoms with Crippen molar-refractivity contribution in [3.05, 3.63) is 41.0 Å². The summed E-state index contributed by atoms with van der Waals surface area (Å²) in [6.07, 6.45) is 6.73. The molecule has 0 aromatic heterocycles. The molecule has 2 bridgehead atoms. The quantitative estimate of drug-likeness (QED) is 0.782. The third-order valence-corrected chi connectivity index (χ3v) is 11.1. The third kappa shape index (κ3) is 2.64. The number of allylic oxidation sites excluding steroid dienone is 1. The molecule has 0 unspecified atom stereocenters. The molecule has 7 heteroatoms. The van der Waals surface area contributed by atoms with Gasteiger partial charge in [0.05, 0.1) is 11.9 Å². The first kappa shape index (κ1) is 20.6. The van der Waals surface area contributed by atoms with E-state index in [9.17, 15) is 22.3 Å². The number of hydrogen-bond donors (Lipinski definition) is 1. The van der Waals surface area contributed by atoms with Gasteiger partial charge in [-0.25, -0.2) is 21.5 Å². The van der Waals surface area contributed by atoms with Crippen LogP contribution in [0.5, 0.6) is 0 Å². The zero-order chi connectivity index (χ0) is 21.5. The van der Waals surface area contributed by atoms with E-state index in [-0.39, 0.29) is 11.2 Å². The number of halogens is 2. The van der Waals surface area contributed by atoms with Crippen LogP contribution in [0.15, 0.2) is 18.2 Å². The average molecular weight is 438 g/mol. The van der Waals surface area contributed by atoms with Gasteiger partial charge in [-0.05, 0) is 66.7 Å². The van der Waals surface area contributed by atoms with E-state index in [0.717, 1.165) is 18.4 Å². The second-order valence-electron chi connectivity index (χ2n) is 10.4. The zero-order valence-electron chi connectivity index (χ0n) is 17.5. The molecule has 1 aromatic carbocycles. The fraction of sp³-hybridized carbons (Fsp3) is 0.652. The van der Waals surface area contributed by atoms with Crippen LogP contribution in [0.1, 0.15) is 57.1 Å².